The fourth-order valence-corrected chi connectivity index (χ4v) is 2.87. The van der Waals surface area contributed by atoms with Crippen LogP contribution in [0.25, 0.3) is 11.4 Å². The minimum absolute atomic E-state index is 0.173. The summed E-state index contributed by atoms with van der Waals surface area (Å²) in [4.78, 5) is 23.8. The van der Waals surface area contributed by atoms with Crippen molar-refractivity contribution in [2.45, 2.75) is 13.3 Å². The number of hydrogen-bond donors (Lipinski definition) is 2. The Morgan fingerprint density at radius 3 is 2.67 bits per heavy atom. The molecule has 7 nitrogen and oxygen atoms in total. The van der Waals surface area contributed by atoms with Gasteiger partial charge in [-0.3, -0.25) is 9.69 Å². The van der Waals surface area contributed by atoms with Crippen molar-refractivity contribution in [3.05, 3.63) is 42.1 Å². The third-order valence-electron chi connectivity index (χ3n) is 4.36. The topological polar surface area (TPSA) is 79.4 Å². The Morgan fingerprint density at radius 1 is 1.15 bits per heavy atom. The number of amides is 1. The van der Waals surface area contributed by atoms with E-state index >= 15 is 0 Å². The van der Waals surface area contributed by atoms with Crippen molar-refractivity contribution in [2.24, 2.45) is 0 Å². The number of aromatic nitrogens is 2. The average molecular weight is 369 g/mol. The maximum absolute atomic E-state index is 12.4. The summed E-state index contributed by atoms with van der Waals surface area (Å²) >= 11 is 0. The molecule has 0 atom stereocenters. The Kier molecular flexibility index (Phi) is 7.12. The normalized spacial score (nSPS) is 14.7. The number of carbonyl (C=O) groups excluding carboxylic acids is 1. The van der Waals surface area contributed by atoms with E-state index in [0.29, 0.717) is 23.9 Å². The summed E-state index contributed by atoms with van der Waals surface area (Å²) in [6.45, 7) is 7.78. The molecule has 1 aromatic carbocycles. The molecule has 7 heteroatoms. The van der Waals surface area contributed by atoms with Gasteiger partial charge >= 0.3 is 0 Å². The molecule has 0 aliphatic carbocycles. The lowest BCUT2D eigenvalue weighted by atomic mass is 10.2. The van der Waals surface area contributed by atoms with E-state index in [0.717, 1.165) is 51.4 Å². The number of nitrogens with zero attached hydrogens (tertiary/aromatic N) is 3. The van der Waals surface area contributed by atoms with Crippen LogP contribution in [0.15, 0.2) is 36.4 Å². The molecule has 1 aliphatic rings. The van der Waals surface area contributed by atoms with Crippen LogP contribution in [0.3, 0.4) is 0 Å². The van der Waals surface area contributed by atoms with Gasteiger partial charge in [-0.05, 0) is 6.42 Å². The van der Waals surface area contributed by atoms with Gasteiger partial charge in [0.1, 0.15) is 11.5 Å². The van der Waals surface area contributed by atoms with Crippen LogP contribution in [0, 0.1) is 0 Å². The molecule has 144 valence electrons. The van der Waals surface area contributed by atoms with E-state index in [4.69, 9.17) is 4.74 Å². The molecule has 1 aliphatic heterocycles. The Bertz CT molecular complexity index is 732. The number of nitrogens with one attached hydrogen (secondary N) is 2. The minimum atomic E-state index is -0.173. The van der Waals surface area contributed by atoms with E-state index in [1.807, 2.05) is 37.3 Å². The lowest BCUT2D eigenvalue weighted by Crippen LogP contribution is -2.39. The van der Waals surface area contributed by atoms with Gasteiger partial charge < -0.3 is 15.4 Å². The zero-order valence-corrected chi connectivity index (χ0v) is 15.8. The van der Waals surface area contributed by atoms with Gasteiger partial charge in [0.25, 0.3) is 5.91 Å². The fraction of sp³-hybridized carbons (Fsp3) is 0.450. The lowest BCUT2D eigenvalue weighted by molar-refractivity contribution is 0.0398. The molecule has 0 saturated carbocycles. The molecule has 1 amide bonds. The number of ether oxygens (including phenoxy) is 1. The van der Waals surface area contributed by atoms with Crippen LogP contribution in [-0.4, -0.2) is 66.7 Å². The van der Waals surface area contributed by atoms with Crippen LogP contribution in [0.5, 0.6) is 0 Å². The monoisotopic (exact) mass is 369 g/mol. The van der Waals surface area contributed by atoms with E-state index in [9.17, 15) is 4.79 Å². The van der Waals surface area contributed by atoms with Crippen LogP contribution in [0.2, 0.25) is 0 Å². The van der Waals surface area contributed by atoms with Crippen LogP contribution < -0.4 is 10.6 Å². The first-order valence-corrected chi connectivity index (χ1v) is 9.53. The Hall–Kier alpha value is -2.51. The second kappa shape index (κ2) is 9.99. The maximum atomic E-state index is 12.4. The van der Waals surface area contributed by atoms with Gasteiger partial charge in [0, 0.05) is 44.4 Å². The number of morpholine rings is 1. The molecular formula is C20H27N5O2. The highest BCUT2D eigenvalue weighted by atomic mass is 16.5. The largest absolute Gasteiger partial charge is 0.379 e. The van der Waals surface area contributed by atoms with Crippen molar-refractivity contribution in [3.63, 3.8) is 0 Å². The quantitative estimate of drug-likeness (QED) is 0.741. The first-order chi connectivity index (χ1) is 13.3. The third-order valence-corrected chi connectivity index (χ3v) is 4.36. The third kappa shape index (κ3) is 5.74. The summed E-state index contributed by atoms with van der Waals surface area (Å²) in [5.74, 6) is 1.04. The van der Waals surface area contributed by atoms with Crippen molar-refractivity contribution in [1.82, 2.24) is 20.2 Å². The smallest absolute Gasteiger partial charge is 0.270 e. The predicted molar refractivity (Wildman–Crippen MR) is 106 cm³/mol. The van der Waals surface area contributed by atoms with Crippen LogP contribution >= 0.6 is 0 Å². The summed E-state index contributed by atoms with van der Waals surface area (Å²) in [7, 11) is 0. The Morgan fingerprint density at radius 2 is 1.93 bits per heavy atom. The first kappa shape index (κ1) is 19.3. The molecule has 0 unspecified atom stereocenters. The second-order valence-electron chi connectivity index (χ2n) is 6.46. The molecule has 0 bridgehead atoms. The van der Waals surface area contributed by atoms with Gasteiger partial charge in [-0.1, -0.05) is 37.3 Å². The number of rotatable bonds is 8. The molecule has 1 aromatic heterocycles. The van der Waals surface area contributed by atoms with E-state index in [1.165, 1.54) is 0 Å². The summed E-state index contributed by atoms with van der Waals surface area (Å²) in [6.07, 6.45) is 0.882. The summed E-state index contributed by atoms with van der Waals surface area (Å²) in [5, 5.41) is 6.22. The second-order valence-corrected chi connectivity index (χ2v) is 6.46. The lowest BCUT2D eigenvalue weighted by Gasteiger charge is -2.26. The molecule has 2 heterocycles. The molecule has 2 N–H and O–H groups in total. The van der Waals surface area contributed by atoms with Crippen LogP contribution in [0.1, 0.15) is 23.8 Å². The number of hydrogen-bond acceptors (Lipinski definition) is 6. The summed E-state index contributed by atoms with van der Waals surface area (Å²) in [6, 6.07) is 11.4. The van der Waals surface area contributed by atoms with Gasteiger partial charge in [-0.25, -0.2) is 9.97 Å². The first-order valence-electron chi connectivity index (χ1n) is 9.53. The van der Waals surface area contributed by atoms with Gasteiger partial charge in [0.05, 0.1) is 13.2 Å². The zero-order valence-electron chi connectivity index (χ0n) is 15.8. The maximum Gasteiger partial charge on any atom is 0.270 e. The molecule has 2 aromatic rings. The molecule has 3 rings (SSSR count). The van der Waals surface area contributed by atoms with Crippen molar-refractivity contribution in [1.29, 1.82) is 0 Å². The van der Waals surface area contributed by atoms with E-state index < -0.39 is 0 Å². The van der Waals surface area contributed by atoms with E-state index in [-0.39, 0.29) is 5.91 Å². The minimum Gasteiger partial charge on any atom is -0.379 e. The highest BCUT2D eigenvalue weighted by Gasteiger charge is 2.14. The molecule has 0 radical (unpaired) electrons. The molecule has 1 saturated heterocycles. The highest BCUT2D eigenvalue weighted by molar-refractivity contribution is 5.93. The highest BCUT2D eigenvalue weighted by Crippen LogP contribution is 2.18. The van der Waals surface area contributed by atoms with Crippen molar-refractivity contribution in [3.8, 4) is 11.4 Å². The van der Waals surface area contributed by atoms with E-state index in [1.54, 1.807) is 6.07 Å². The average Bonchev–Trinajstić information content (AvgIpc) is 2.73. The van der Waals surface area contributed by atoms with Gasteiger partial charge in [-0.15, -0.1) is 0 Å². The number of carbonyl (C=O) groups is 1. The number of benzene rings is 1. The van der Waals surface area contributed by atoms with Crippen LogP contribution in [-0.2, 0) is 4.74 Å². The predicted octanol–water partition coefficient (Wildman–Crippen LogP) is 2.03. The Labute approximate surface area is 160 Å². The van der Waals surface area contributed by atoms with Crippen molar-refractivity contribution in [2.75, 3.05) is 51.3 Å². The summed E-state index contributed by atoms with van der Waals surface area (Å²) < 4.78 is 5.38. The summed E-state index contributed by atoms with van der Waals surface area (Å²) in [5.41, 5.74) is 1.27. The molecule has 1 fully saturated rings. The van der Waals surface area contributed by atoms with Gasteiger partial charge in [-0.2, -0.15) is 0 Å². The van der Waals surface area contributed by atoms with Crippen molar-refractivity contribution < 1.29 is 9.53 Å². The molecule has 27 heavy (non-hydrogen) atoms. The SMILES string of the molecule is CCCNC(=O)c1cc(NCCN2CCOCC2)nc(-c2ccccc2)n1. The Balaban J connectivity index is 1.73. The van der Waals surface area contributed by atoms with Gasteiger partial charge in [0.2, 0.25) is 0 Å². The number of anilines is 1. The fourth-order valence-electron chi connectivity index (χ4n) is 2.87. The standard InChI is InChI=1S/C20H27N5O2/c1-2-8-22-20(26)17-15-18(21-9-10-25-11-13-27-14-12-25)24-19(23-17)16-6-4-3-5-7-16/h3-7,15H,2,8-14H2,1H3,(H,22,26)(H,21,23,24). The van der Waals surface area contributed by atoms with Crippen LogP contribution in [0.4, 0.5) is 5.82 Å². The van der Waals surface area contributed by atoms with Crippen molar-refractivity contribution >= 4 is 11.7 Å². The zero-order chi connectivity index (χ0) is 18.9. The van der Waals surface area contributed by atoms with Gasteiger partial charge in [0.15, 0.2) is 5.82 Å². The molecule has 0 spiro atoms. The molecular weight excluding hydrogens is 342 g/mol. The van der Waals surface area contributed by atoms with E-state index in [2.05, 4.69) is 25.5 Å².